The third-order valence-corrected chi connectivity index (χ3v) is 4.01. The van der Waals surface area contributed by atoms with E-state index in [1.165, 1.54) is 12.8 Å². The second-order valence-electron chi connectivity index (χ2n) is 6.46. The number of aliphatic hydroxyl groups excluding tert-OH is 1. The van der Waals surface area contributed by atoms with Crippen molar-refractivity contribution in [3.63, 3.8) is 0 Å². The molecule has 1 heterocycles. The van der Waals surface area contributed by atoms with Gasteiger partial charge in [0.2, 0.25) is 0 Å². The Morgan fingerprint density at radius 2 is 2.00 bits per heavy atom. The number of benzene rings is 1. The molecule has 3 N–H and O–H groups in total. The van der Waals surface area contributed by atoms with Gasteiger partial charge in [-0.05, 0) is 35.9 Å². The molecule has 1 saturated heterocycles. The van der Waals surface area contributed by atoms with Crippen molar-refractivity contribution in [1.82, 2.24) is 4.90 Å². The summed E-state index contributed by atoms with van der Waals surface area (Å²) >= 11 is 0. The second kappa shape index (κ2) is 6.04. The van der Waals surface area contributed by atoms with Crippen molar-refractivity contribution in [2.24, 2.45) is 11.1 Å². The van der Waals surface area contributed by atoms with Gasteiger partial charge in [-0.2, -0.15) is 0 Å². The monoisotopic (exact) mass is 262 g/mol. The molecule has 0 bridgehead atoms. The molecule has 0 spiro atoms. The number of nitrogens with zero attached hydrogens (tertiary/aromatic N) is 1. The maximum absolute atomic E-state index is 10.3. The number of rotatable bonds is 4. The first kappa shape index (κ1) is 14.5. The summed E-state index contributed by atoms with van der Waals surface area (Å²) < 4.78 is 0. The molecule has 3 heteroatoms. The number of aliphatic hydroxyl groups is 1. The highest BCUT2D eigenvalue weighted by molar-refractivity contribution is 5.24. The maximum atomic E-state index is 10.3. The van der Waals surface area contributed by atoms with Crippen molar-refractivity contribution < 1.29 is 5.11 Å². The molecule has 19 heavy (non-hydrogen) atoms. The van der Waals surface area contributed by atoms with Crippen LogP contribution in [0.4, 0.5) is 0 Å². The van der Waals surface area contributed by atoms with Crippen LogP contribution in [0, 0.1) is 5.41 Å². The molecule has 1 aromatic rings. The lowest BCUT2D eigenvalue weighted by atomic mass is 9.84. The van der Waals surface area contributed by atoms with Crippen molar-refractivity contribution in [3.8, 4) is 0 Å². The lowest BCUT2D eigenvalue weighted by Crippen LogP contribution is -2.41. The Balaban J connectivity index is 1.94. The van der Waals surface area contributed by atoms with E-state index in [-0.39, 0.29) is 0 Å². The Kier molecular flexibility index (Phi) is 4.61. The molecule has 0 amide bonds. The van der Waals surface area contributed by atoms with Crippen LogP contribution < -0.4 is 5.73 Å². The molecule has 0 saturated carbocycles. The molecular formula is C16H26N2O. The third-order valence-electron chi connectivity index (χ3n) is 4.01. The molecule has 2 rings (SSSR count). The smallest absolute Gasteiger partial charge is 0.0916 e. The van der Waals surface area contributed by atoms with E-state index in [2.05, 4.69) is 18.7 Å². The Bertz CT molecular complexity index is 400. The summed E-state index contributed by atoms with van der Waals surface area (Å²) in [4.78, 5) is 2.38. The fraction of sp³-hybridized carbons (Fsp3) is 0.625. The molecular weight excluding hydrogens is 236 g/mol. The van der Waals surface area contributed by atoms with Gasteiger partial charge >= 0.3 is 0 Å². The summed E-state index contributed by atoms with van der Waals surface area (Å²) in [6.07, 6.45) is 2.11. The van der Waals surface area contributed by atoms with Gasteiger partial charge in [0, 0.05) is 19.6 Å². The minimum atomic E-state index is -0.402. The molecule has 0 radical (unpaired) electrons. The molecule has 106 valence electrons. The number of likely N-dealkylation sites (tertiary alicyclic amines) is 1. The van der Waals surface area contributed by atoms with Crippen LogP contribution in [0.2, 0.25) is 0 Å². The van der Waals surface area contributed by atoms with Crippen molar-refractivity contribution in [2.45, 2.75) is 39.3 Å². The second-order valence-corrected chi connectivity index (χ2v) is 6.46. The van der Waals surface area contributed by atoms with Crippen LogP contribution in [0.5, 0.6) is 0 Å². The van der Waals surface area contributed by atoms with Crippen LogP contribution in [0.25, 0.3) is 0 Å². The zero-order valence-corrected chi connectivity index (χ0v) is 12.1. The Hall–Kier alpha value is -0.900. The zero-order chi connectivity index (χ0) is 13.9. The van der Waals surface area contributed by atoms with Crippen LogP contribution in [-0.2, 0) is 6.54 Å². The van der Waals surface area contributed by atoms with Crippen LogP contribution in [0.15, 0.2) is 24.3 Å². The highest BCUT2D eigenvalue weighted by Gasteiger charge is 2.27. The summed E-state index contributed by atoms with van der Waals surface area (Å²) in [6.45, 7) is 8.07. The number of hydrogen-bond acceptors (Lipinski definition) is 3. The van der Waals surface area contributed by atoms with E-state index in [9.17, 15) is 5.11 Å². The van der Waals surface area contributed by atoms with Gasteiger partial charge in [-0.3, -0.25) is 4.90 Å². The number of β-amino-alcohol motifs (C(OH)–C–C–N with tert-alkyl or cyclic N) is 1. The van der Waals surface area contributed by atoms with E-state index >= 15 is 0 Å². The van der Waals surface area contributed by atoms with Gasteiger partial charge in [0.25, 0.3) is 0 Å². The molecule has 3 nitrogen and oxygen atoms in total. The van der Waals surface area contributed by atoms with Crippen LogP contribution in [-0.4, -0.2) is 29.6 Å². The number of hydrogen-bond donors (Lipinski definition) is 2. The Labute approximate surface area is 116 Å². The minimum absolute atomic E-state index is 0.376. The maximum Gasteiger partial charge on any atom is 0.0916 e. The first-order valence-corrected chi connectivity index (χ1v) is 7.19. The van der Waals surface area contributed by atoms with Crippen LogP contribution in [0.3, 0.4) is 0 Å². The number of nitrogens with two attached hydrogens (primary N) is 1. The van der Waals surface area contributed by atoms with Gasteiger partial charge in [0.05, 0.1) is 6.10 Å². The van der Waals surface area contributed by atoms with Gasteiger partial charge in [-0.1, -0.05) is 38.1 Å². The third kappa shape index (κ3) is 4.03. The molecule has 1 atom stereocenters. The van der Waals surface area contributed by atoms with E-state index < -0.39 is 6.10 Å². The van der Waals surface area contributed by atoms with Crippen molar-refractivity contribution in [3.05, 3.63) is 35.4 Å². The van der Waals surface area contributed by atoms with Gasteiger partial charge in [-0.25, -0.2) is 0 Å². The molecule has 1 fully saturated rings. The van der Waals surface area contributed by atoms with Gasteiger partial charge in [0.1, 0.15) is 0 Å². The van der Waals surface area contributed by atoms with Crippen LogP contribution in [0.1, 0.15) is 43.9 Å². The molecule has 1 aliphatic rings. The minimum Gasteiger partial charge on any atom is -0.387 e. The topological polar surface area (TPSA) is 49.5 Å². The first-order chi connectivity index (χ1) is 9.00. The number of piperidine rings is 1. The first-order valence-electron chi connectivity index (χ1n) is 7.19. The van der Waals surface area contributed by atoms with Crippen molar-refractivity contribution in [2.75, 3.05) is 19.6 Å². The zero-order valence-electron chi connectivity index (χ0n) is 12.1. The van der Waals surface area contributed by atoms with Crippen molar-refractivity contribution in [1.29, 1.82) is 0 Å². The highest BCUT2D eigenvalue weighted by atomic mass is 16.3. The standard InChI is InChI=1S/C16H26N2O/c1-16(2)8-3-9-18(12-16)11-15(19)14-6-4-13(10-17)5-7-14/h4-7,15,19H,3,8-12,17H2,1-2H3. The lowest BCUT2D eigenvalue weighted by molar-refractivity contribution is 0.0598. The Morgan fingerprint density at radius 1 is 1.32 bits per heavy atom. The summed E-state index contributed by atoms with van der Waals surface area (Å²) in [5.41, 5.74) is 8.05. The SMILES string of the molecule is CC1(C)CCCN(CC(O)c2ccc(CN)cc2)C1. The van der Waals surface area contributed by atoms with E-state index in [1.54, 1.807) is 0 Å². The van der Waals surface area contributed by atoms with Crippen LogP contribution >= 0.6 is 0 Å². The Morgan fingerprint density at radius 3 is 2.58 bits per heavy atom. The molecule has 0 aliphatic carbocycles. The normalized spacial score (nSPS) is 21.3. The molecule has 1 aromatic carbocycles. The average Bonchev–Trinajstić information content (AvgIpc) is 2.37. The highest BCUT2D eigenvalue weighted by Crippen LogP contribution is 2.29. The lowest BCUT2D eigenvalue weighted by Gasteiger charge is -2.38. The van der Waals surface area contributed by atoms with Crippen molar-refractivity contribution >= 4 is 0 Å². The fourth-order valence-corrected chi connectivity index (χ4v) is 2.93. The summed E-state index contributed by atoms with van der Waals surface area (Å²) in [7, 11) is 0. The van der Waals surface area contributed by atoms with Gasteiger partial charge in [-0.15, -0.1) is 0 Å². The van der Waals surface area contributed by atoms with E-state index in [0.717, 1.165) is 30.8 Å². The average molecular weight is 262 g/mol. The predicted octanol–water partition coefficient (Wildman–Crippen LogP) is 2.30. The predicted molar refractivity (Wildman–Crippen MR) is 78.7 cm³/mol. The van der Waals surface area contributed by atoms with E-state index in [4.69, 9.17) is 5.73 Å². The molecule has 0 aromatic heterocycles. The van der Waals surface area contributed by atoms with Gasteiger partial charge < -0.3 is 10.8 Å². The summed E-state index contributed by atoms with van der Waals surface area (Å²) in [5.74, 6) is 0. The quantitative estimate of drug-likeness (QED) is 0.875. The molecule has 1 unspecified atom stereocenters. The summed E-state index contributed by atoms with van der Waals surface area (Å²) in [6, 6.07) is 7.97. The van der Waals surface area contributed by atoms with Gasteiger partial charge in [0.15, 0.2) is 0 Å². The van der Waals surface area contributed by atoms with E-state index in [0.29, 0.717) is 12.0 Å². The largest absolute Gasteiger partial charge is 0.387 e. The molecule has 1 aliphatic heterocycles. The summed E-state index contributed by atoms with van der Waals surface area (Å²) in [5, 5.41) is 10.3. The van der Waals surface area contributed by atoms with E-state index in [1.807, 2.05) is 24.3 Å². The fourth-order valence-electron chi connectivity index (χ4n) is 2.93.